The molecule has 4 rings (SSSR count). The van der Waals surface area contributed by atoms with Gasteiger partial charge in [0, 0.05) is 13.1 Å². The first kappa shape index (κ1) is 16.0. The van der Waals surface area contributed by atoms with Gasteiger partial charge in [-0.2, -0.15) is 4.57 Å². The number of anilines is 1. The number of aryl methyl sites for hydroxylation is 1. The highest BCUT2D eigenvalue weighted by Gasteiger charge is 2.40. The third kappa shape index (κ3) is 2.46. The van der Waals surface area contributed by atoms with Crippen LogP contribution in [0.1, 0.15) is 5.89 Å². The Kier molecular flexibility index (Phi) is 3.51. The van der Waals surface area contributed by atoms with Gasteiger partial charge in [-0.1, -0.05) is 43.9 Å². The molecule has 0 amide bonds. The average molecular weight is 352 g/mol. The maximum Gasteiger partial charge on any atom is 0.378 e. The Morgan fingerprint density at radius 2 is 1.68 bits per heavy atom. The van der Waals surface area contributed by atoms with Crippen LogP contribution in [0.15, 0.2) is 58.8 Å². The molecular weight excluding hydrogens is 328 g/mol. The smallest absolute Gasteiger partial charge is 0.378 e. The first-order valence-electron chi connectivity index (χ1n) is 8.51. The molecule has 0 saturated heterocycles. The molecule has 1 aliphatic rings. The quantitative estimate of drug-likeness (QED) is 0.508. The molecule has 0 atom stereocenters. The van der Waals surface area contributed by atoms with E-state index in [2.05, 4.69) is 55.3 Å². The van der Waals surface area contributed by atoms with Crippen LogP contribution < -0.4 is 14.2 Å². The molecule has 0 fully saturated rings. The number of benzene rings is 2. The Hall–Kier alpha value is -2.53. The maximum absolute atomic E-state index is 6.28. The van der Waals surface area contributed by atoms with Crippen LogP contribution in [-0.2, 0) is 7.05 Å². The second-order valence-corrected chi connectivity index (χ2v) is 12.5. The summed E-state index contributed by atoms with van der Waals surface area (Å²) in [6.07, 6.45) is 0. The van der Waals surface area contributed by atoms with Gasteiger partial charge in [0.05, 0.1) is 13.8 Å². The van der Waals surface area contributed by atoms with Crippen molar-refractivity contribution in [3.05, 3.63) is 60.3 Å². The highest BCUT2D eigenvalue weighted by molar-refractivity contribution is 6.93. The number of para-hydroxylation sites is 4. The lowest BCUT2D eigenvalue weighted by atomic mass is 10.3. The summed E-state index contributed by atoms with van der Waals surface area (Å²) in [6, 6.07) is 16.3. The van der Waals surface area contributed by atoms with Crippen molar-refractivity contribution in [2.24, 2.45) is 7.05 Å². The summed E-state index contributed by atoms with van der Waals surface area (Å²) in [6.45, 7) is 6.97. The topological polar surface area (TPSA) is 29.5 Å². The van der Waals surface area contributed by atoms with Crippen molar-refractivity contribution in [1.29, 1.82) is 0 Å². The number of oxazole rings is 1. The molecule has 128 valence electrons. The summed E-state index contributed by atoms with van der Waals surface area (Å²) in [5.41, 5.74) is 3.08. The molecule has 0 radical (unpaired) electrons. The lowest BCUT2D eigenvalue weighted by Gasteiger charge is -2.21. The van der Waals surface area contributed by atoms with Gasteiger partial charge in [0.25, 0.3) is 5.52 Å². The highest BCUT2D eigenvalue weighted by Crippen LogP contribution is 2.42. The molecule has 1 aromatic heterocycles. The molecule has 4 nitrogen and oxygen atoms in total. The van der Waals surface area contributed by atoms with E-state index in [0.29, 0.717) is 0 Å². The Labute approximate surface area is 149 Å². The van der Waals surface area contributed by atoms with E-state index in [1.807, 2.05) is 36.4 Å². The number of nitrogens with zero attached hydrogens (tertiary/aromatic N) is 2. The second kappa shape index (κ2) is 5.49. The fourth-order valence-corrected chi connectivity index (χ4v) is 5.10. The summed E-state index contributed by atoms with van der Waals surface area (Å²) < 4.78 is 14.7. The van der Waals surface area contributed by atoms with Crippen LogP contribution in [0.3, 0.4) is 0 Å². The molecule has 2 aromatic carbocycles. The Balaban J connectivity index is 1.98. The summed E-state index contributed by atoms with van der Waals surface area (Å²) in [4.78, 5) is 2.14. The third-order valence-electron chi connectivity index (χ3n) is 4.65. The number of hydrogen-bond acceptors (Lipinski definition) is 3. The van der Waals surface area contributed by atoms with E-state index in [1.54, 1.807) is 0 Å². The fourth-order valence-electron chi connectivity index (χ4n) is 3.38. The van der Waals surface area contributed by atoms with Crippen molar-refractivity contribution in [2.45, 2.75) is 19.6 Å². The van der Waals surface area contributed by atoms with E-state index < -0.39 is 8.07 Å². The Bertz CT molecular complexity index is 998. The van der Waals surface area contributed by atoms with Crippen LogP contribution >= 0.6 is 0 Å². The van der Waals surface area contributed by atoms with E-state index in [4.69, 9.17) is 9.15 Å². The van der Waals surface area contributed by atoms with Gasteiger partial charge in [-0.3, -0.25) is 0 Å². The minimum Gasteiger partial charge on any atom is -0.438 e. The van der Waals surface area contributed by atoms with E-state index in [-0.39, 0.29) is 0 Å². The van der Waals surface area contributed by atoms with Gasteiger partial charge in [-0.05, 0) is 18.2 Å². The Morgan fingerprint density at radius 3 is 2.36 bits per heavy atom. The van der Waals surface area contributed by atoms with Crippen molar-refractivity contribution in [3.8, 4) is 5.75 Å². The van der Waals surface area contributed by atoms with E-state index in [9.17, 15) is 0 Å². The molecule has 0 bridgehead atoms. The predicted molar refractivity (Wildman–Crippen MR) is 103 cm³/mol. The lowest BCUT2D eigenvalue weighted by Crippen LogP contribution is -2.38. The van der Waals surface area contributed by atoms with Crippen LogP contribution in [0.4, 0.5) is 5.69 Å². The van der Waals surface area contributed by atoms with Crippen molar-refractivity contribution in [1.82, 2.24) is 0 Å². The molecule has 0 unspecified atom stereocenters. The molecule has 1 aliphatic heterocycles. The SMILES string of the molecule is CN1/C(=C(\c2oc3ccccc3[n+]2C)[Si](C)(C)C)Oc2ccccc21. The molecule has 0 aliphatic carbocycles. The standard InChI is InChI=1S/C20H23N2O2Si/c1-21-14-10-6-8-12-16(14)23-19(21)18(25(3,4)5)20-22(2)15-11-7-9-13-17(15)24-20/h6-13H,1-5H3/q+1. The molecule has 25 heavy (non-hydrogen) atoms. The lowest BCUT2D eigenvalue weighted by molar-refractivity contribution is -0.652. The number of aromatic nitrogens is 1. The van der Waals surface area contributed by atoms with Gasteiger partial charge < -0.3 is 14.1 Å². The van der Waals surface area contributed by atoms with Gasteiger partial charge in [-0.15, -0.1) is 0 Å². The normalized spacial score (nSPS) is 16.1. The number of rotatable bonds is 2. The van der Waals surface area contributed by atoms with Gasteiger partial charge in [0.1, 0.15) is 12.2 Å². The minimum atomic E-state index is -1.77. The summed E-state index contributed by atoms with van der Waals surface area (Å²) in [5, 5.41) is 1.19. The van der Waals surface area contributed by atoms with Crippen LogP contribution in [-0.4, -0.2) is 15.1 Å². The summed E-state index contributed by atoms with van der Waals surface area (Å²) in [7, 11) is 2.35. The molecule has 2 heterocycles. The third-order valence-corrected chi connectivity index (χ3v) is 6.58. The van der Waals surface area contributed by atoms with Gasteiger partial charge in [0.2, 0.25) is 11.5 Å². The maximum atomic E-state index is 6.28. The first-order valence-corrected chi connectivity index (χ1v) is 12.0. The zero-order valence-electron chi connectivity index (χ0n) is 15.3. The van der Waals surface area contributed by atoms with Gasteiger partial charge >= 0.3 is 5.89 Å². The molecule has 0 N–H and O–H groups in total. The van der Waals surface area contributed by atoms with E-state index in [1.165, 1.54) is 5.20 Å². The van der Waals surface area contributed by atoms with Crippen LogP contribution in [0.5, 0.6) is 5.75 Å². The highest BCUT2D eigenvalue weighted by atomic mass is 28.3. The molecule has 5 heteroatoms. The van der Waals surface area contributed by atoms with Crippen molar-refractivity contribution in [3.63, 3.8) is 0 Å². The van der Waals surface area contributed by atoms with Crippen LogP contribution in [0, 0.1) is 0 Å². The van der Waals surface area contributed by atoms with E-state index in [0.717, 1.165) is 34.3 Å². The molecule has 0 spiro atoms. The zero-order chi connectivity index (χ0) is 17.8. The minimum absolute atomic E-state index is 0.884. The Morgan fingerprint density at radius 1 is 1.00 bits per heavy atom. The number of hydrogen-bond donors (Lipinski definition) is 0. The van der Waals surface area contributed by atoms with Crippen LogP contribution in [0.25, 0.3) is 16.3 Å². The molecular formula is C20H23N2O2Si+. The summed E-state index contributed by atoms with van der Waals surface area (Å²) in [5.74, 6) is 2.67. The van der Waals surface area contributed by atoms with Crippen molar-refractivity contribution in [2.75, 3.05) is 11.9 Å². The number of fused-ring (bicyclic) bond motifs is 2. The fraction of sp³-hybridized carbons (Fsp3) is 0.250. The van der Waals surface area contributed by atoms with E-state index >= 15 is 0 Å². The van der Waals surface area contributed by atoms with Crippen LogP contribution in [0.2, 0.25) is 19.6 Å². The second-order valence-electron chi connectivity index (χ2n) is 7.49. The molecule has 3 aromatic rings. The zero-order valence-corrected chi connectivity index (χ0v) is 16.3. The summed E-state index contributed by atoms with van der Waals surface area (Å²) >= 11 is 0. The number of ether oxygens (including phenoxy) is 1. The monoisotopic (exact) mass is 351 g/mol. The average Bonchev–Trinajstić information content (AvgIpc) is 3.06. The van der Waals surface area contributed by atoms with Gasteiger partial charge in [-0.25, -0.2) is 0 Å². The first-order chi connectivity index (χ1) is 11.9. The molecule has 0 saturated carbocycles. The van der Waals surface area contributed by atoms with Gasteiger partial charge in [0.15, 0.2) is 5.75 Å². The largest absolute Gasteiger partial charge is 0.438 e. The predicted octanol–water partition coefficient (Wildman–Crippen LogP) is 4.33. The van der Waals surface area contributed by atoms with Crippen molar-refractivity contribution < 1.29 is 13.7 Å². The van der Waals surface area contributed by atoms with Crippen molar-refractivity contribution >= 4 is 30.1 Å².